The molecule has 0 atom stereocenters. The van der Waals surface area contributed by atoms with Crippen LogP contribution in [0.2, 0.25) is 0 Å². The third-order valence-corrected chi connectivity index (χ3v) is 6.91. The van der Waals surface area contributed by atoms with E-state index >= 15 is 0 Å². The normalized spacial score (nSPS) is 19.9. The lowest BCUT2D eigenvalue weighted by molar-refractivity contribution is -0.141. The van der Waals surface area contributed by atoms with E-state index in [4.69, 9.17) is 0 Å². The number of carbonyl (C=O) groups is 2. The SMILES string of the molecule is CC(C)(C)C(=O)N1CCC2(CC1)SCCN2C(=O)c1ccc(C(F)(F)F)cc1. The molecular formula is C20H25F3N2O2S. The summed E-state index contributed by atoms with van der Waals surface area (Å²) >= 11 is 1.71. The van der Waals surface area contributed by atoms with E-state index in [1.165, 1.54) is 12.1 Å². The summed E-state index contributed by atoms with van der Waals surface area (Å²) in [5, 5.41) is 0. The van der Waals surface area contributed by atoms with Gasteiger partial charge >= 0.3 is 6.18 Å². The minimum atomic E-state index is -4.42. The van der Waals surface area contributed by atoms with Crippen molar-refractivity contribution in [2.24, 2.45) is 5.41 Å². The lowest BCUT2D eigenvalue weighted by Crippen LogP contribution is -2.55. The molecular weight excluding hydrogens is 389 g/mol. The largest absolute Gasteiger partial charge is 0.416 e. The van der Waals surface area contributed by atoms with Gasteiger partial charge in [-0.2, -0.15) is 13.2 Å². The second-order valence-corrected chi connectivity index (χ2v) is 9.83. The van der Waals surface area contributed by atoms with E-state index in [9.17, 15) is 22.8 Å². The van der Waals surface area contributed by atoms with Crippen LogP contribution in [0.3, 0.4) is 0 Å². The molecule has 1 aromatic carbocycles. The van der Waals surface area contributed by atoms with E-state index in [2.05, 4.69) is 0 Å². The first-order valence-corrected chi connectivity index (χ1v) is 10.4. The van der Waals surface area contributed by atoms with Gasteiger partial charge in [0.1, 0.15) is 0 Å². The lowest BCUT2D eigenvalue weighted by atomic mass is 9.92. The summed E-state index contributed by atoms with van der Waals surface area (Å²) in [7, 11) is 0. The number of carbonyl (C=O) groups excluding carboxylic acids is 2. The number of rotatable bonds is 1. The maximum atomic E-state index is 13.0. The van der Waals surface area contributed by atoms with Crippen LogP contribution in [-0.2, 0) is 11.0 Å². The third kappa shape index (κ3) is 4.02. The molecule has 0 aromatic heterocycles. The fourth-order valence-electron chi connectivity index (χ4n) is 3.80. The molecule has 2 heterocycles. The Bertz CT molecular complexity index is 748. The Hall–Kier alpha value is -1.70. The van der Waals surface area contributed by atoms with Crippen molar-refractivity contribution in [1.29, 1.82) is 0 Å². The van der Waals surface area contributed by atoms with Crippen molar-refractivity contribution < 1.29 is 22.8 Å². The number of alkyl halides is 3. The first kappa shape index (κ1) is 21.0. The van der Waals surface area contributed by atoms with Crippen molar-refractivity contribution in [2.45, 2.75) is 44.7 Å². The van der Waals surface area contributed by atoms with Crippen molar-refractivity contribution in [3.8, 4) is 0 Å². The van der Waals surface area contributed by atoms with Gasteiger partial charge in [-0.15, -0.1) is 11.8 Å². The molecule has 0 N–H and O–H groups in total. The van der Waals surface area contributed by atoms with Gasteiger partial charge in [0.05, 0.1) is 10.4 Å². The summed E-state index contributed by atoms with van der Waals surface area (Å²) < 4.78 is 38.3. The van der Waals surface area contributed by atoms with Crippen LogP contribution in [0, 0.1) is 5.41 Å². The van der Waals surface area contributed by atoms with Gasteiger partial charge in [-0.1, -0.05) is 20.8 Å². The number of thioether (sulfide) groups is 1. The molecule has 0 bridgehead atoms. The topological polar surface area (TPSA) is 40.6 Å². The van der Waals surface area contributed by atoms with Gasteiger partial charge in [-0.05, 0) is 37.1 Å². The summed E-state index contributed by atoms with van der Waals surface area (Å²) in [4.78, 5) is 28.8. The van der Waals surface area contributed by atoms with Crippen molar-refractivity contribution in [1.82, 2.24) is 9.80 Å². The van der Waals surface area contributed by atoms with Crippen molar-refractivity contribution >= 4 is 23.6 Å². The zero-order valence-electron chi connectivity index (χ0n) is 16.3. The zero-order chi connectivity index (χ0) is 20.7. The molecule has 1 spiro atoms. The van der Waals surface area contributed by atoms with Crippen LogP contribution in [0.1, 0.15) is 49.5 Å². The molecule has 0 saturated carbocycles. The van der Waals surface area contributed by atoms with Crippen molar-refractivity contribution in [2.75, 3.05) is 25.4 Å². The lowest BCUT2D eigenvalue weighted by Gasteiger charge is -2.45. The Morgan fingerprint density at radius 3 is 2.07 bits per heavy atom. The van der Waals surface area contributed by atoms with Crippen LogP contribution in [0.15, 0.2) is 24.3 Å². The summed E-state index contributed by atoms with van der Waals surface area (Å²) in [6.45, 7) is 7.41. The van der Waals surface area contributed by atoms with Gasteiger partial charge in [0.15, 0.2) is 0 Å². The van der Waals surface area contributed by atoms with E-state index in [-0.39, 0.29) is 22.2 Å². The Labute approximate surface area is 167 Å². The maximum Gasteiger partial charge on any atom is 0.416 e. The number of hydrogen-bond acceptors (Lipinski definition) is 3. The summed E-state index contributed by atoms with van der Waals surface area (Å²) in [6, 6.07) is 4.40. The highest BCUT2D eigenvalue weighted by Crippen LogP contribution is 2.45. The average Bonchev–Trinajstić information content (AvgIpc) is 3.03. The summed E-state index contributed by atoms with van der Waals surface area (Å²) in [5.41, 5.74) is -0.935. The molecule has 0 aliphatic carbocycles. The second-order valence-electron chi connectivity index (χ2n) is 8.37. The van der Waals surface area contributed by atoms with Crippen molar-refractivity contribution in [3.05, 3.63) is 35.4 Å². The Balaban J connectivity index is 1.73. The van der Waals surface area contributed by atoms with Gasteiger partial charge in [0, 0.05) is 36.4 Å². The average molecular weight is 414 g/mol. The predicted octanol–water partition coefficient (Wildman–Crippen LogP) is 4.26. The minimum Gasteiger partial charge on any atom is -0.342 e. The van der Waals surface area contributed by atoms with E-state index in [0.29, 0.717) is 32.5 Å². The fraction of sp³-hybridized carbons (Fsp3) is 0.600. The molecule has 4 nitrogen and oxygen atoms in total. The van der Waals surface area contributed by atoms with Gasteiger partial charge in [0.25, 0.3) is 5.91 Å². The van der Waals surface area contributed by atoms with E-state index in [0.717, 1.165) is 17.9 Å². The van der Waals surface area contributed by atoms with Crippen LogP contribution >= 0.6 is 11.8 Å². The summed E-state index contributed by atoms with van der Waals surface area (Å²) in [5.74, 6) is 0.653. The molecule has 3 rings (SSSR count). The van der Waals surface area contributed by atoms with Crippen LogP contribution < -0.4 is 0 Å². The number of benzene rings is 1. The van der Waals surface area contributed by atoms with Crippen LogP contribution in [0.5, 0.6) is 0 Å². The first-order chi connectivity index (χ1) is 12.9. The zero-order valence-corrected chi connectivity index (χ0v) is 17.1. The highest BCUT2D eigenvalue weighted by Gasteiger charge is 2.47. The second kappa shape index (κ2) is 7.28. The van der Waals surface area contributed by atoms with Gasteiger partial charge < -0.3 is 9.80 Å². The maximum absolute atomic E-state index is 13.0. The molecule has 0 unspecified atom stereocenters. The van der Waals surface area contributed by atoms with Crippen molar-refractivity contribution in [3.63, 3.8) is 0 Å². The van der Waals surface area contributed by atoms with Gasteiger partial charge in [-0.25, -0.2) is 0 Å². The molecule has 28 heavy (non-hydrogen) atoms. The summed E-state index contributed by atoms with van der Waals surface area (Å²) in [6.07, 6.45) is -3.07. The van der Waals surface area contributed by atoms with Crippen LogP contribution in [0.4, 0.5) is 13.2 Å². The number of nitrogens with zero attached hydrogens (tertiary/aromatic N) is 2. The molecule has 2 aliphatic rings. The number of hydrogen-bond donors (Lipinski definition) is 0. The minimum absolute atomic E-state index is 0.103. The molecule has 2 amide bonds. The molecule has 154 valence electrons. The molecule has 8 heteroatoms. The molecule has 0 radical (unpaired) electrons. The fourth-order valence-corrected chi connectivity index (χ4v) is 5.26. The van der Waals surface area contributed by atoms with Gasteiger partial charge in [0.2, 0.25) is 5.91 Å². The van der Waals surface area contributed by atoms with Crippen LogP contribution in [-0.4, -0.2) is 51.9 Å². The standard InChI is InChI=1S/C20H25F3N2O2S/c1-18(2,3)17(27)24-10-8-19(9-11-24)25(12-13-28-19)16(26)14-4-6-15(7-5-14)20(21,22)23/h4-7H,8-13H2,1-3H3. The Morgan fingerprint density at radius 2 is 1.57 bits per heavy atom. The highest BCUT2D eigenvalue weighted by molar-refractivity contribution is 8.00. The smallest absolute Gasteiger partial charge is 0.342 e. The van der Waals surface area contributed by atoms with Crippen LogP contribution in [0.25, 0.3) is 0 Å². The monoisotopic (exact) mass is 414 g/mol. The first-order valence-electron chi connectivity index (χ1n) is 9.37. The predicted molar refractivity (Wildman–Crippen MR) is 103 cm³/mol. The quantitative estimate of drug-likeness (QED) is 0.690. The number of amides is 2. The van der Waals surface area contributed by atoms with E-state index in [1.807, 2.05) is 25.7 Å². The number of piperidine rings is 1. The van der Waals surface area contributed by atoms with Gasteiger partial charge in [-0.3, -0.25) is 9.59 Å². The molecule has 2 saturated heterocycles. The Kier molecular flexibility index (Phi) is 5.47. The third-order valence-electron chi connectivity index (χ3n) is 5.36. The van der Waals surface area contributed by atoms with E-state index in [1.54, 1.807) is 16.7 Å². The molecule has 1 aromatic rings. The highest BCUT2D eigenvalue weighted by atomic mass is 32.2. The molecule has 2 aliphatic heterocycles. The number of likely N-dealkylation sites (tertiary alicyclic amines) is 1. The molecule has 2 fully saturated rings. The Morgan fingerprint density at radius 1 is 1.00 bits per heavy atom. The van der Waals surface area contributed by atoms with E-state index < -0.39 is 17.2 Å². The number of halogens is 3.